The number of carbonyl (C=O) groups is 6. The Morgan fingerprint density at radius 2 is 1.54 bits per heavy atom. The molecule has 71 heavy (non-hydrogen) atoms. The number of fused-ring (bicyclic) bond motifs is 5. The third kappa shape index (κ3) is 15.0. The lowest BCUT2D eigenvalue weighted by Crippen LogP contribution is -2.56. The molecule has 3 aliphatic carbocycles. The van der Waals surface area contributed by atoms with Gasteiger partial charge >= 0.3 is 11.9 Å². The number of aryl methyl sites for hydroxylation is 1. The number of nitrogens with zero attached hydrogens (tertiary/aromatic N) is 2. The van der Waals surface area contributed by atoms with Crippen molar-refractivity contribution >= 4 is 41.5 Å². The van der Waals surface area contributed by atoms with Crippen molar-refractivity contribution in [2.24, 2.45) is 33.9 Å². The highest BCUT2D eigenvalue weighted by Gasteiger charge is 2.54. The van der Waals surface area contributed by atoms with Crippen LogP contribution in [-0.2, 0) is 57.9 Å². The molecule has 0 aromatic heterocycles. The monoisotopic (exact) mass is 982 g/mol. The molecule has 4 amide bonds. The molecule has 382 valence electrons. The molecule has 0 spiro atoms. The van der Waals surface area contributed by atoms with Gasteiger partial charge in [-0.1, -0.05) is 92.9 Å². The molecule has 0 heterocycles. The number of aliphatic hydroxyl groups excluding tert-OH is 1. The molecule has 0 unspecified atom stereocenters. The zero-order valence-electron chi connectivity index (χ0n) is 40.4. The Balaban J connectivity index is 1.07. The average molecular weight is 983 g/mol. The number of nitrogens with one attached hydrogen (secondary N) is 5. The number of aliphatic hydroxyl groups is 1. The van der Waals surface area contributed by atoms with Crippen molar-refractivity contribution in [1.82, 2.24) is 26.7 Å². The van der Waals surface area contributed by atoms with E-state index >= 15 is 0 Å². The fourth-order valence-corrected chi connectivity index (χ4v) is 10.2. The van der Waals surface area contributed by atoms with Crippen LogP contribution in [0.3, 0.4) is 0 Å². The van der Waals surface area contributed by atoms with Crippen LogP contribution in [0.2, 0.25) is 0 Å². The molecule has 8 N–H and O–H groups in total. The third-order valence-electron chi connectivity index (χ3n) is 13.9. The number of ether oxygens (including phenoxy) is 3. The second-order valence-electron chi connectivity index (χ2n) is 19.1. The van der Waals surface area contributed by atoms with E-state index in [1.165, 1.54) is 5.56 Å². The van der Waals surface area contributed by atoms with Crippen LogP contribution in [0.4, 0.5) is 0 Å². The predicted molar refractivity (Wildman–Crippen MR) is 259 cm³/mol. The van der Waals surface area contributed by atoms with Crippen molar-refractivity contribution in [3.05, 3.63) is 111 Å². The van der Waals surface area contributed by atoms with Crippen molar-refractivity contribution in [1.29, 1.82) is 0 Å². The zero-order valence-corrected chi connectivity index (χ0v) is 40.4. The van der Waals surface area contributed by atoms with E-state index in [0.717, 1.165) is 49.7 Å². The lowest BCUT2D eigenvalue weighted by Gasteiger charge is -2.50. The summed E-state index contributed by atoms with van der Waals surface area (Å²) in [4.78, 5) is 95.2. The molecule has 8 atom stereocenters. The van der Waals surface area contributed by atoms with E-state index in [1.54, 1.807) is 73.9 Å². The first-order valence-electron chi connectivity index (χ1n) is 24.2. The van der Waals surface area contributed by atoms with E-state index in [4.69, 9.17) is 19.9 Å². The zero-order chi connectivity index (χ0) is 51.1. The average Bonchev–Trinajstić information content (AvgIpc) is 3.66. The number of nitrogens with two attached hydrogens (primary N) is 1. The summed E-state index contributed by atoms with van der Waals surface area (Å²) in [7, 11) is 0. The first-order valence-corrected chi connectivity index (χ1v) is 24.2. The van der Waals surface area contributed by atoms with E-state index < -0.39 is 90.2 Å². The second-order valence-corrected chi connectivity index (χ2v) is 19.1. The van der Waals surface area contributed by atoms with Crippen molar-refractivity contribution in [3.8, 4) is 5.75 Å². The summed E-state index contributed by atoms with van der Waals surface area (Å²) in [5.74, 6) is -3.82. The van der Waals surface area contributed by atoms with Crippen molar-refractivity contribution < 1.29 is 53.1 Å². The van der Waals surface area contributed by atoms with Crippen LogP contribution in [0.25, 0.3) is 0 Å². The van der Waals surface area contributed by atoms with E-state index in [0.29, 0.717) is 29.1 Å². The Morgan fingerprint density at radius 1 is 0.859 bits per heavy atom. The fraction of sp³-hybridized carbons (Fsp3) is 0.510. The van der Waals surface area contributed by atoms with E-state index in [9.17, 15) is 44.0 Å². The number of hydrogen-bond donors (Lipinski definition) is 7. The summed E-state index contributed by atoms with van der Waals surface area (Å²) in [6.07, 6.45) is 4.94. The minimum Gasteiger partial charge on any atom is -0.484 e. The number of benzene rings is 3. The predicted octanol–water partition coefficient (Wildman–Crippen LogP) is 3.26. The Kier molecular flexibility index (Phi) is 18.9. The number of rotatable bonds is 23. The Morgan fingerprint density at radius 3 is 2.21 bits per heavy atom. The highest BCUT2D eigenvalue weighted by atomic mass is 16.7. The molecule has 2 fully saturated rings. The summed E-state index contributed by atoms with van der Waals surface area (Å²) in [5, 5.41) is 30.8. The van der Waals surface area contributed by atoms with Crippen molar-refractivity contribution in [3.63, 3.8) is 0 Å². The van der Waals surface area contributed by atoms with Gasteiger partial charge in [-0.2, -0.15) is 0 Å². The molecular weight excluding hydrogens is 917 g/mol. The molecule has 0 radical (unpaired) electrons. The number of hydrogen-bond acceptors (Lipinski definition) is 13. The van der Waals surface area contributed by atoms with Gasteiger partial charge in [-0.05, 0) is 115 Å². The topological polar surface area (TPSA) is 292 Å². The van der Waals surface area contributed by atoms with E-state index in [2.05, 4.69) is 39.2 Å². The van der Waals surface area contributed by atoms with Crippen LogP contribution in [-0.4, -0.2) is 95.6 Å². The van der Waals surface area contributed by atoms with Crippen LogP contribution in [0.5, 0.6) is 5.75 Å². The van der Waals surface area contributed by atoms with Crippen LogP contribution >= 0.6 is 0 Å². The molecule has 0 bridgehead atoms. The number of aliphatic imine (C=N–C) groups is 1. The van der Waals surface area contributed by atoms with Gasteiger partial charge in [-0.25, -0.2) is 19.9 Å². The Hall–Kier alpha value is -7.09. The van der Waals surface area contributed by atoms with Gasteiger partial charge < -0.3 is 46.3 Å². The normalized spacial score (nSPS) is 21.4. The fourth-order valence-electron chi connectivity index (χ4n) is 10.2. The standard InChI is InChI=1S/C51H66N8O12/c1-31(2)46(49(66)71-29-33-13-8-5-9-14-33)57-48(65)41(26-45(63)70-28-32-11-6-4-7-12-32)56-43(61)27-54-47(64)40(15-10-24-53-50(52)58-59(67)68)55-44(62)30-69-35-17-19-36-34(25-35)16-18-38-37(36)22-23-51(3)39(38)20-21-42(51)60/h4-9,11-14,17,19,25,31,37-42,46,60H,10,15-16,18,20-24,26-30H2,1-3H3,(H,54,64)(H,55,62)(H,56,61)(H,57,65)(H3,52,53,58)/t37-,38-,39+,40+,41+,42+,46+,51+/m1/s1. The molecule has 3 aromatic carbocycles. The molecule has 0 saturated heterocycles. The smallest absolute Gasteiger partial charge is 0.329 e. The lowest BCUT2D eigenvalue weighted by molar-refractivity contribution is -0.525. The summed E-state index contributed by atoms with van der Waals surface area (Å²) in [6, 6.07) is 19.6. The Bertz CT molecular complexity index is 2390. The number of nitro groups is 1. The molecule has 3 aromatic rings. The Labute approximate surface area is 412 Å². The highest BCUT2D eigenvalue weighted by molar-refractivity contribution is 5.95. The third-order valence-corrected chi connectivity index (χ3v) is 13.9. The number of carbonyl (C=O) groups excluding carboxylic acids is 6. The van der Waals surface area contributed by atoms with Gasteiger partial charge in [0.15, 0.2) is 11.6 Å². The van der Waals surface area contributed by atoms with Gasteiger partial charge in [-0.3, -0.25) is 24.0 Å². The maximum Gasteiger partial charge on any atom is 0.329 e. The maximum absolute atomic E-state index is 13.8. The quantitative estimate of drug-likeness (QED) is 0.0179. The van der Waals surface area contributed by atoms with Gasteiger partial charge in [0.25, 0.3) is 11.9 Å². The van der Waals surface area contributed by atoms with Crippen molar-refractivity contribution in [2.45, 2.75) is 122 Å². The minimum atomic E-state index is -1.56. The van der Waals surface area contributed by atoms with Gasteiger partial charge in [0.05, 0.1) is 19.1 Å². The van der Waals surface area contributed by atoms with Crippen molar-refractivity contribution in [2.75, 3.05) is 19.7 Å². The van der Waals surface area contributed by atoms with E-state index in [-0.39, 0.29) is 44.1 Å². The van der Waals surface area contributed by atoms with Gasteiger partial charge in [0.2, 0.25) is 17.7 Å². The van der Waals surface area contributed by atoms with Crippen LogP contribution in [0, 0.1) is 33.3 Å². The summed E-state index contributed by atoms with van der Waals surface area (Å²) in [6.45, 7) is 4.25. The summed E-state index contributed by atoms with van der Waals surface area (Å²) >= 11 is 0. The lowest BCUT2D eigenvalue weighted by atomic mass is 9.55. The van der Waals surface area contributed by atoms with Crippen LogP contribution in [0.1, 0.15) is 100 Å². The molecule has 2 saturated carbocycles. The first kappa shape index (κ1) is 53.3. The molecule has 20 heteroatoms. The molecule has 20 nitrogen and oxygen atoms in total. The van der Waals surface area contributed by atoms with Gasteiger partial charge in [0.1, 0.15) is 37.1 Å². The molecular formula is C51H66N8O12. The SMILES string of the molecule is CC(C)[C@H](NC(=O)[C@H](CC(=O)OCc1ccccc1)NC(=O)CNC(=O)[C@H](CCCN=C(N)N[N+](=O)[O-])NC(=O)COc1ccc2c(c1)CC[C@@H]1[C@@H]2CC[C@]2(C)[C@@H](O)CC[C@@H]12)C(=O)OCc1ccccc1. The van der Waals surface area contributed by atoms with Gasteiger partial charge in [-0.15, -0.1) is 0 Å². The largest absolute Gasteiger partial charge is 0.484 e. The van der Waals surface area contributed by atoms with Gasteiger partial charge in [0, 0.05) is 6.54 Å². The molecule has 3 aliphatic rings. The number of hydrazine groups is 1. The first-order chi connectivity index (χ1) is 34.0. The molecule has 0 aliphatic heterocycles. The number of esters is 2. The minimum absolute atomic E-state index is 0.0345. The van der Waals surface area contributed by atoms with E-state index in [1.807, 2.05) is 18.2 Å². The second kappa shape index (κ2) is 25.2. The van der Waals surface area contributed by atoms with Crippen LogP contribution in [0.15, 0.2) is 83.9 Å². The van der Waals surface area contributed by atoms with Crippen LogP contribution < -0.4 is 37.2 Å². The highest BCUT2D eigenvalue weighted by Crippen LogP contribution is 2.61. The summed E-state index contributed by atoms with van der Waals surface area (Å²) < 4.78 is 16.8. The molecule has 6 rings (SSSR count). The summed E-state index contributed by atoms with van der Waals surface area (Å²) in [5.41, 5.74) is 11.1. The number of amides is 4. The maximum atomic E-state index is 13.8. The number of guanidine groups is 1.